The van der Waals surface area contributed by atoms with Gasteiger partial charge >= 0.3 is 0 Å². The Bertz CT molecular complexity index is 1590. The molecule has 4 aromatic rings. The molecule has 2 N–H and O–H groups in total. The Morgan fingerprint density at radius 3 is 2.47 bits per heavy atom. The number of fused-ring (bicyclic) bond motifs is 1. The number of anilines is 3. The van der Waals surface area contributed by atoms with Crippen LogP contribution in [0.5, 0.6) is 0 Å². The fraction of sp³-hybridized carbons (Fsp3) is 0.214. The first-order valence-electron chi connectivity index (χ1n) is 12.4. The molecule has 2 aliphatic heterocycles. The predicted octanol–water partition coefficient (Wildman–Crippen LogP) is 3.55. The summed E-state index contributed by atoms with van der Waals surface area (Å²) in [6, 6.07) is 19.7. The van der Waals surface area contributed by atoms with E-state index in [4.69, 9.17) is 15.2 Å². The molecule has 4 heterocycles. The van der Waals surface area contributed by atoms with E-state index in [1.807, 2.05) is 54.6 Å². The summed E-state index contributed by atoms with van der Waals surface area (Å²) in [6.45, 7) is 1.54. The number of para-hydroxylation sites is 1. The number of benzene rings is 2. The Labute approximate surface area is 218 Å². The van der Waals surface area contributed by atoms with Crippen LogP contribution >= 0.6 is 0 Å². The van der Waals surface area contributed by atoms with Gasteiger partial charge in [-0.25, -0.2) is 0 Å². The summed E-state index contributed by atoms with van der Waals surface area (Å²) >= 11 is 0. The van der Waals surface area contributed by atoms with Gasteiger partial charge in [-0.2, -0.15) is 24.8 Å². The smallest absolute Gasteiger partial charge is 0.254 e. The summed E-state index contributed by atoms with van der Waals surface area (Å²) in [6.07, 6.45) is 5.19. The molecule has 38 heavy (non-hydrogen) atoms. The Balaban J connectivity index is 1.32. The molecule has 10 nitrogen and oxygen atoms in total. The van der Waals surface area contributed by atoms with Crippen molar-refractivity contribution in [2.75, 3.05) is 23.3 Å². The van der Waals surface area contributed by atoms with Crippen LogP contribution in [0.25, 0.3) is 11.7 Å². The normalized spacial score (nSPS) is 17.1. The van der Waals surface area contributed by atoms with Crippen molar-refractivity contribution in [3.05, 3.63) is 83.1 Å². The van der Waals surface area contributed by atoms with Gasteiger partial charge in [0.25, 0.3) is 5.91 Å². The van der Waals surface area contributed by atoms with Crippen LogP contribution in [0.3, 0.4) is 0 Å². The molecule has 0 spiro atoms. The van der Waals surface area contributed by atoms with Gasteiger partial charge in [0.15, 0.2) is 5.65 Å². The lowest BCUT2D eigenvalue weighted by Crippen LogP contribution is -2.34. The minimum absolute atomic E-state index is 0.0338. The van der Waals surface area contributed by atoms with Crippen molar-refractivity contribution < 1.29 is 9.59 Å². The highest BCUT2D eigenvalue weighted by atomic mass is 16.2. The van der Waals surface area contributed by atoms with E-state index >= 15 is 0 Å². The van der Waals surface area contributed by atoms with Gasteiger partial charge < -0.3 is 10.2 Å². The average Bonchev–Trinajstić information content (AvgIpc) is 3.51. The first-order chi connectivity index (χ1) is 18.6. The van der Waals surface area contributed by atoms with Crippen molar-refractivity contribution >= 4 is 41.1 Å². The van der Waals surface area contributed by atoms with E-state index in [0.29, 0.717) is 40.2 Å². The van der Waals surface area contributed by atoms with Gasteiger partial charge in [0.05, 0.1) is 24.3 Å². The third kappa shape index (κ3) is 4.57. The van der Waals surface area contributed by atoms with Crippen molar-refractivity contribution in [2.24, 2.45) is 0 Å². The number of carbonyl (C=O) groups excluding carboxylic acids is 2. The quantitative estimate of drug-likeness (QED) is 0.312. The number of piperidine rings is 1. The zero-order valence-electron chi connectivity index (χ0n) is 20.5. The lowest BCUT2D eigenvalue weighted by Gasteiger charge is -2.32. The summed E-state index contributed by atoms with van der Waals surface area (Å²) in [5.41, 5.74) is 4.32. The number of carbonyl (C=O) groups is 2. The zero-order valence-corrected chi connectivity index (χ0v) is 20.5. The highest BCUT2D eigenvalue weighted by molar-refractivity contribution is 6.15. The molecule has 10 heteroatoms. The number of hydrogen-bond donors (Lipinski definition) is 2. The Morgan fingerprint density at radius 2 is 1.79 bits per heavy atom. The molecule has 0 aliphatic carbocycles. The van der Waals surface area contributed by atoms with Crippen LogP contribution in [-0.2, 0) is 9.59 Å². The summed E-state index contributed by atoms with van der Waals surface area (Å²) in [5, 5.41) is 19.2. The van der Waals surface area contributed by atoms with Gasteiger partial charge in [0.1, 0.15) is 0 Å². The SMILES string of the molecule is N#Cc1ccc(C2CCN(c3nc(Nc4ccccc4)n4ncc(/C=C5\CC(=O)NC5=O)c4n3)CC2)cc1. The second-order valence-electron chi connectivity index (χ2n) is 9.39. The first-order valence-corrected chi connectivity index (χ1v) is 12.4. The van der Waals surface area contributed by atoms with Crippen LogP contribution in [-0.4, -0.2) is 44.5 Å². The molecule has 2 aromatic carbocycles. The highest BCUT2D eigenvalue weighted by Crippen LogP contribution is 2.31. The van der Waals surface area contributed by atoms with Gasteiger partial charge in [-0.15, -0.1) is 0 Å². The molecular weight excluding hydrogens is 480 g/mol. The maximum absolute atomic E-state index is 12.2. The van der Waals surface area contributed by atoms with Crippen molar-refractivity contribution in [1.29, 1.82) is 5.26 Å². The lowest BCUT2D eigenvalue weighted by atomic mass is 9.89. The van der Waals surface area contributed by atoms with E-state index in [-0.39, 0.29) is 12.3 Å². The van der Waals surface area contributed by atoms with Crippen molar-refractivity contribution in [1.82, 2.24) is 24.9 Å². The van der Waals surface area contributed by atoms with Crippen LogP contribution in [0.15, 0.2) is 66.4 Å². The number of rotatable bonds is 5. The van der Waals surface area contributed by atoms with E-state index in [2.05, 4.69) is 26.7 Å². The largest absolute Gasteiger partial charge is 0.341 e. The Hall–Kier alpha value is -5.04. The lowest BCUT2D eigenvalue weighted by molar-refractivity contribution is -0.124. The molecule has 0 atom stereocenters. The molecule has 2 saturated heterocycles. The number of nitriles is 1. The monoisotopic (exact) mass is 504 g/mol. The van der Waals surface area contributed by atoms with Crippen LogP contribution in [0.1, 0.15) is 41.9 Å². The van der Waals surface area contributed by atoms with Crippen molar-refractivity contribution in [3.63, 3.8) is 0 Å². The number of nitrogens with one attached hydrogen (secondary N) is 2. The topological polar surface area (TPSA) is 128 Å². The van der Waals surface area contributed by atoms with Gasteiger partial charge in [-0.3, -0.25) is 14.9 Å². The molecule has 188 valence electrons. The average molecular weight is 505 g/mol. The number of imide groups is 1. The first kappa shape index (κ1) is 23.4. The van der Waals surface area contributed by atoms with E-state index in [9.17, 15) is 9.59 Å². The fourth-order valence-electron chi connectivity index (χ4n) is 4.91. The van der Waals surface area contributed by atoms with Crippen LogP contribution in [0.4, 0.5) is 17.6 Å². The summed E-state index contributed by atoms with van der Waals surface area (Å²) < 4.78 is 1.61. The van der Waals surface area contributed by atoms with Crippen molar-refractivity contribution in [3.8, 4) is 6.07 Å². The number of nitrogens with zero attached hydrogens (tertiary/aromatic N) is 6. The summed E-state index contributed by atoms with van der Waals surface area (Å²) in [7, 11) is 0. The van der Waals surface area contributed by atoms with E-state index < -0.39 is 5.91 Å². The van der Waals surface area contributed by atoms with Crippen LogP contribution < -0.4 is 15.5 Å². The second-order valence-corrected chi connectivity index (χ2v) is 9.39. The molecule has 2 amide bonds. The molecule has 2 fully saturated rings. The third-order valence-corrected chi connectivity index (χ3v) is 6.93. The minimum Gasteiger partial charge on any atom is -0.341 e. The molecule has 2 aliphatic rings. The van der Waals surface area contributed by atoms with E-state index in [1.165, 1.54) is 5.56 Å². The zero-order chi connectivity index (χ0) is 26.1. The van der Waals surface area contributed by atoms with Gasteiger partial charge in [-0.05, 0) is 54.7 Å². The third-order valence-electron chi connectivity index (χ3n) is 6.93. The molecule has 0 bridgehead atoms. The van der Waals surface area contributed by atoms with Crippen LogP contribution in [0.2, 0.25) is 0 Å². The second kappa shape index (κ2) is 9.78. The highest BCUT2D eigenvalue weighted by Gasteiger charge is 2.26. The number of aromatic nitrogens is 4. The Morgan fingerprint density at radius 1 is 1.03 bits per heavy atom. The molecule has 6 rings (SSSR count). The molecule has 0 radical (unpaired) electrons. The maximum Gasteiger partial charge on any atom is 0.254 e. The number of amides is 2. The van der Waals surface area contributed by atoms with E-state index in [1.54, 1.807) is 16.8 Å². The van der Waals surface area contributed by atoms with Gasteiger partial charge in [-0.1, -0.05) is 30.3 Å². The van der Waals surface area contributed by atoms with Crippen LogP contribution in [0, 0.1) is 11.3 Å². The molecule has 0 saturated carbocycles. The molecule has 0 unspecified atom stereocenters. The maximum atomic E-state index is 12.2. The van der Waals surface area contributed by atoms with E-state index in [0.717, 1.165) is 31.6 Å². The standard InChI is InChI=1S/C28H24N8O2/c29-16-18-6-8-19(9-7-18)20-10-12-35(13-11-20)27-33-25-22(14-21-15-24(37)32-26(21)38)17-30-36(25)28(34-27)31-23-4-2-1-3-5-23/h1-9,14,17,20H,10-13,15H2,(H,31,33,34)(H,32,37,38)/b21-14+. The number of hydrogen-bond acceptors (Lipinski definition) is 8. The Kier molecular flexibility index (Phi) is 6.01. The molecule has 2 aromatic heterocycles. The predicted molar refractivity (Wildman–Crippen MR) is 142 cm³/mol. The van der Waals surface area contributed by atoms with Gasteiger partial charge in [0.2, 0.25) is 17.8 Å². The fourth-order valence-corrected chi connectivity index (χ4v) is 4.91. The van der Waals surface area contributed by atoms with Crippen molar-refractivity contribution in [2.45, 2.75) is 25.2 Å². The summed E-state index contributed by atoms with van der Waals surface area (Å²) in [5.74, 6) is 0.766. The minimum atomic E-state index is -0.392. The summed E-state index contributed by atoms with van der Waals surface area (Å²) in [4.78, 5) is 35.7. The molecular formula is C28H24N8O2. The van der Waals surface area contributed by atoms with Gasteiger partial charge in [0, 0.05) is 29.9 Å².